The van der Waals surface area contributed by atoms with E-state index >= 15 is 0 Å². The van der Waals surface area contributed by atoms with Crippen LogP contribution in [0, 0.1) is 0 Å². The van der Waals surface area contributed by atoms with E-state index in [-0.39, 0.29) is 23.1 Å². The maximum atomic E-state index is 12.4. The van der Waals surface area contributed by atoms with Gasteiger partial charge in [0.05, 0.1) is 0 Å². The lowest BCUT2D eigenvalue weighted by Crippen LogP contribution is -2.48. The van der Waals surface area contributed by atoms with Crippen molar-refractivity contribution in [2.75, 3.05) is 13.1 Å². The lowest BCUT2D eigenvalue weighted by Gasteiger charge is -2.34. The zero-order valence-electron chi connectivity index (χ0n) is 10.6. The highest BCUT2D eigenvalue weighted by Crippen LogP contribution is 2.17. The lowest BCUT2D eigenvalue weighted by molar-refractivity contribution is 0.0621. The maximum absolute atomic E-state index is 12.4. The van der Waals surface area contributed by atoms with Gasteiger partial charge < -0.3 is 15.2 Å². The average Bonchev–Trinajstić information content (AvgIpc) is 2.41. The second-order valence-electron chi connectivity index (χ2n) is 4.72. The largest absolute Gasteiger partial charge is 0.334 e. The molecule has 0 unspecified atom stereocenters. The Morgan fingerprint density at radius 3 is 3.00 bits per heavy atom. The molecular formula is C13H19N3O2. The number of amides is 1. The van der Waals surface area contributed by atoms with E-state index in [1.165, 1.54) is 4.57 Å². The first-order valence-corrected chi connectivity index (χ1v) is 6.32. The summed E-state index contributed by atoms with van der Waals surface area (Å²) in [5.74, 6) is -0.189. The summed E-state index contributed by atoms with van der Waals surface area (Å²) in [5, 5.41) is 0. The fraction of sp³-hybridized carbons (Fsp3) is 0.538. The van der Waals surface area contributed by atoms with Gasteiger partial charge in [-0.25, -0.2) is 0 Å². The first kappa shape index (κ1) is 12.8. The summed E-state index contributed by atoms with van der Waals surface area (Å²) in [7, 11) is 1.65. The molecule has 0 spiro atoms. The van der Waals surface area contributed by atoms with Crippen molar-refractivity contribution in [1.82, 2.24) is 9.47 Å². The summed E-state index contributed by atoms with van der Waals surface area (Å²) < 4.78 is 1.43. The first-order valence-electron chi connectivity index (χ1n) is 6.32. The number of aromatic nitrogens is 1. The predicted molar refractivity (Wildman–Crippen MR) is 69.4 cm³/mol. The van der Waals surface area contributed by atoms with E-state index in [1.807, 2.05) is 0 Å². The van der Waals surface area contributed by atoms with Gasteiger partial charge in [0, 0.05) is 32.4 Å². The van der Waals surface area contributed by atoms with E-state index in [0.717, 1.165) is 19.3 Å². The van der Waals surface area contributed by atoms with Gasteiger partial charge in [0.15, 0.2) is 0 Å². The van der Waals surface area contributed by atoms with Crippen LogP contribution in [0.15, 0.2) is 23.1 Å². The fourth-order valence-electron chi connectivity index (χ4n) is 2.43. The average molecular weight is 249 g/mol. The van der Waals surface area contributed by atoms with Crippen molar-refractivity contribution in [2.45, 2.75) is 25.3 Å². The van der Waals surface area contributed by atoms with Crippen molar-refractivity contribution in [2.24, 2.45) is 12.8 Å². The van der Waals surface area contributed by atoms with Crippen LogP contribution in [0.2, 0.25) is 0 Å². The molecule has 1 atom stereocenters. The molecule has 5 heteroatoms. The molecule has 0 bridgehead atoms. The number of carbonyl (C=O) groups is 1. The topological polar surface area (TPSA) is 68.3 Å². The van der Waals surface area contributed by atoms with E-state index in [4.69, 9.17) is 5.73 Å². The standard InChI is InChI=1S/C13H19N3O2/c1-15-7-4-6-11(12(15)17)13(18)16-8-3-2-5-10(16)9-14/h4,6-7,10H,2-3,5,8-9,14H2,1H3/t10-/m1/s1. The van der Waals surface area contributed by atoms with E-state index < -0.39 is 0 Å². The molecule has 0 saturated carbocycles. The van der Waals surface area contributed by atoms with Gasteiger partial charge in [-0.1, -0.05) is 0 Å². The highest BCUT2D eigenvalue weighted by atomic mass is 16.2. The minimum Gasteiger partial charge on any atom is -0.334 e. The van der Waals surface area contributed by atoms with Crippen LogP contribution in [0.3, 0.4) is 0 Å². The zero-order chi connectivity index (χ0) is 13.1. The highest BCUT2D eigenvalue weighted by Gasteiger charge is 2.27. The molecule has 0 radical (unpaired) electrons. The summed E-state index contributed by atoms with van der Waals surface area (Å²) in [4.78, 5) is 26.1. The molecule has 0 aliphatic carbocycles. The number of hydrogen-bond donors (Lipinski definition) is 1. The Kier molecular flexibility index (Phi) is 3.81. The Morgan fingerprint density at radius 1 is 1.50 bits per heavy atom. The molecule has 2 heterocycles. The maximum Gasteiger partial charge on any atom is 0.263 e. The predicted octanol–water partition coefficient (Wildman–Crippen LogP) is 0.339. The third kappa shape index (κ3) is 2.31. The molecule has 18 heavy (non-hydrogen) atoms. The van der Waals surface area contributed by atoms with Gasteiger partial charge in [-0.2, -0.15) is 0 Å². The number of piperidine rings is 1. The van der Waals surface area contributed by atoms with Crippen LogP contribution < -0.4 is 11.3 Å². The summed E-state index contributed by atoms with van der Waals surface area (Å²) >= 11 is 0. The van der Waals surface area contributed by atoms with Gasteiger partial charge in [0.25, 0.3) is 11.5 Å². The molecular weight excluding hydrogens is 230 g/mol. The summed E-state index contributed by atoms with van der Waals surface area (Å²) in [6, 6.07) is 3.37. The molecule has 1 aliphatic rings. The minimum atomic E-state index is -0.246. The second kappa shape index (κ2) is 5.35. The van der Waals surface area contributed by atoms with E-state index in [9.17, 15) is 9.59 Å². The number of hydrogen-bond acceptors (Lipinski definition) is 3. The Labute approximate surface area is 106 Å². The van der Waals surface area contributed by atoms with Crippen molar-refractivity contribution < 1.29 is 4.79 Å². The van der Waals surface area contributed by atoms with Gasteiger partial charge in [-0.15, -0.1) is 0 Å². The molecule has 1 aromatic rings. The molecule has 2 N–H and O–H groups in total. The van der Waals surface area contributed by atoms with Crippen molar-refractivity contribution in [3.05, 3.63) is 34.2 Å². The van der Waals surface area contributed by atoms with Gasteiger partial charge in [-0.05, 0) is 31.4 Å². The molecule has 1 aliphatic heterocycles. The second-order valence-corrected chi connectivity index (χ2v) is 4.72. The molecule has 98 valence electrons. The SMILES string of the molecule is Cn1cccc(C(=O)N2CCCC[C@@H]2CN)c1=O. The van der Waals surface area contributed by atoms with Crippen LogP contribution in [0.1, 0.15) is 29.6 Å². The number of nitrogens with zero attached hydrogens (tertiary/aromatic N) is 2. The summed E-state index contributed by atoms with van der Waals surface area (Å²) in [6.45, 7) is 1.15. The van der Waals surface area contributed by atoms with Gasteiger partial charge in [0.1, 0.15) is 5.56 Å². The number of nitrogens with two attached hydrogens (primary N) is 1. The third-order valence-electron chi connectivity index (χ3n) is 3.51. The normalized spacial score (nSPS) is 19.9. The van der Waals surface area contributed by atoms with Crippen LogP contribution in [0.4, 0.5) is 0 Å². The van der Waals surface area contributed by atoms with E-state index in [2.05, 4.69) is 0 Å². The fourth-order valence-corrected chi connectivity index (χ4v) is 2.43. The van der Waals surface area contributed by atoms with Crippen LogP contribution in [0.25, 0.3) is 0 Å². The van der Waals surface area contributed by atoms with E-state index in [0.29, 0.717) is 13.1 Å². The van der Waals surface area contributed by atoms with Crippen LogP contribution in [-0.2, 0) is 7.05 Å². The van der Waals surface area contributed by atoms with Crippen molar-refractivity contribution in [3.63, 3.8) is 0 Å². The molecule has 1 fully saturated rings. The summed E-state index contributed by atoms with van der Waals surface area (Å²) in [6.07, 6.45) is 4.65. The number of carbonyl (C=O) groups excluding carboxylic acids is 1. The van der Waals surface area contributed by atoms with Gasteiger partial charge >= 0.3 is 0 Å². The molecule has 0 aromatic carbocycles. The van der Waals surface area contributed by atoms with Crippen LogP contribution >= 0.6 is 0 Å². The van der Waals surface area contributed by atoms with Gasteiger partial charge in [-0.3, -0.25) is 9.59 Å². The molecule has 1 saturated heterocycles. The zero-order valence-corrected chi connectivity index (χ0v) is 10.6. The quantitative estimate of drug-likeness (QED) is 0.821. The van der Waals surface area contributed by atoms with Crippen LogP contribution in [-0.4, -0.2) is 34.5 Å². The van der Waals surface area contributed by atoms with Crippen molar-refractivity contribution in [3.8, 4) is 0 Å². The number of likely N-dealkylation sites (tertiary alicyclic amines) is 1. The molecule has 5 nitrogen and oxygen atoms in total. The Hall–Kier alpha value is -1.62. The monoisotopic (exact) mass is 249 g/mol. The Balaban J connectivity index is 2.30. The molecule has 1 aromatic heterocycles. The summed E-state index contributed by atoms with van der Waals surface area (Å²) in [5.41, 5.74) is 5.69. The number of pyridine rings is 1. The Bertz CT molecular complexity index is 495. The lowest BCUT2D eigenvalue weighted by atomic mass is 10.0. The minimum absolute atomic E-state index is 0.0659. The van der Waals surface area contributed by atoms with Crippen LogP contribution in [0.5, 0.6) is 0 Å². The first-order chi connectivity index (χ1) is 8.65. The van der Waals surface area contributed by atoms with Crippen molar-refractivity contribution >= 4 is 5.91 Å². The van der Waals surface area contributed by atoms with Crippen molar-refractivity contribution in [1.29, 1.82) is 0 Å². The third-order valence-corrected chi connectivity index (χ3v) is 3.51. The van der Waals surface area contributed by atoms with E-state index in [1.54, 1.807) is 30.3 Å². The molecule has 1 amide bonds. The Morgan fingerprint density at radius 2 is 2.28 bits per heavy atom. The number of aryl methyl sites for hydroxylation is 1. The highest BCUT2D eigenvalue weighted by molar-refractivity contribution is 5.94. The molecule has 2 rings (SSSR count). The van der Waals surface area contributed by atoms with Gasteiger partial charge in [0.2, 0.25) is 0 Å². The smallest absolute Gasteiger partial charge is 0.263 e. The number of rotatable bonds is 2.